The second-order valence-electron chi connectivity index (χ2n) is 7.81. The molecule has 1 aliphatic heterocycles. The molecule has 4 rings (SSSR count). The quantitative estimate of drug-likeness (QED) is 0.455. The van der Waals surface area contributed by atoms with Crippen molar-refractivity contribution in [1.82, 2.24) is 19.8 Å². The molecular formula is C20H25N5O4S3. The fraction of sp³-hybridized carbons (Fsp3) is 0.450. The van der Waals surface area contributed by atoms with Crippen LogP contribution in [0.15, 0.2) is 27.7 Å². The van der Waals surface area contributed by atoms with E-state index in [0.717, 1.165) is 41.5 Å². The Morgan fingerprint density at radius 3 is 2.59 bits per heavy atom. The molecule has 0 aliphatic carbocycles. The van der Waals surface area contributed by atoms with Gasteiger partial charge in [-0.2, -0.15) is 0 Å². The number of aromatic amines is 1. The van der Waals surface area contributed by atoms with Gasteiger partial charge < -0.3 is 10.7 Å². The summed E-state index contributed by atoms with van der Waals surface area (Å²) in [4.78, 5) is 37.3. The molecule has 1 amide bonds. The third-order valence-electron chi connectivity index (χ3n) is 5.50. The normalized spacial score (nSPS) is 16.0. The molecule has 32 heavy (non-hydrogen) atoms. The zero-order chi connectivity index (χ0) is 22.7. The minimum atomic E-state index is -3.28. The van der Waals surface area contributed by atoms with Gasteiger partial charge in [0.1, 0.15) is 10.7 Å². The van der Waals surface area contributed by atoms with Crippen LogP contribution in [0.2, 0.25) is 0 Å². The molecule has 12 heteroatoms. The topological polar surface area (TPSA) is 129 Å². The molecule has 0 saturated carbocycles. The summed E-state index contributed by atoms with van der Waals surface area (Å²) in [7, 11) is -3.28. The lowest BCUT2D eigenvalue weighted by molar-refractivity contribution is -0.117. The van der Waals surface area contributed by atoms with Crippen LogP contribution >= 0.6 is 22.7 Å². The molecular weight excluding hydrogens is 470 g/mol. The van der Waals surface area contributed by atoms with Gasteiger partial charge in [-0.3, -0.25) is 19.4 Å². The highest BCUT2D eigenvalue weighted by molar-refractivity contribution is 7.91. The van der Waals surface area contributed by atoms with Gasteiger partial charge in [-0.05, 0) is 11.4 Å². The number of thiophene rings is 2. The Kier molecular flexibility index (Phi) is 7.05. The molecule has 0 spiro atoms. The van der Waals surface area contributed by atoms with Gasteiger partial charge in [0.05, 0.1) is 23.4 Å². The molecule has 3 aromatic heterocycles. The molecule has 0 unspecified atom stereocenters. The number of H-pyrrole nitrogens is 1. The smallest absolute Gasteiger partial charge is 0.260 e. The van der Waals surface area contributed by atoms with Crippen LogP contribution in [0.25, 0.3) is 20.7 Å². The highest BCUT2D eigenvalue weighted by Crippen LogP contribution is 2.33. The molecule has 3 aromatic rings. The van der Waals surface area contributed by atoms with Gasteiger partial charge in [0.15, 0.2) is 9.84 Å². The highest BCUT2D eigenvalue weighted by atomic mass is 32.2. The van der Waals surface area contributed by atoms with Crippen molar-refractivity contribution in [2.45, 2.75) is 13.0 Å². The maximum absolute atomic E-state index is 12.7. The van der Waals surface area contributed by atoms with E-state index < -0.39 is 15.7 Å². The van der Waals surface area contributed by atoms with Crippen molar-refractivity contribution in [2.75, 3.05) is 44.2 Å². The van der Waals surface area contributed by atoms with Crippen LogP contribution in [0.3, 0.4) is 0 Å². The highest BCUT2D eigenvalue weighted by Gasteiger charge is 2.21. The Labute approximate surface area is 193 Å². The van der Waals surface area contributed by atoms with Crippen LogP contribution in [0, 0.1) is 0 Å². The first kappa shape index (κ1) is 23.1. The van der Waals surface area contributed by atoms with E-state index in [9.17, 15) is 18.0 Å². The summed E-state index contributed by atoms with van der Waals surface area (Å²) in [5.41, 5.74) is 5.85. The minimum absolute atomic E-state index is 0.0246. The number of primary amides is 1. The van der Waals surface area contributed by atoms with Crippen LogP contribution < -0.4 is 11.3 Å². The first-order valence-electron chi connectivity index (χ1n) is 10.3. The number of carbonyl (C=O) groups excluding carboxylic acids is 1. The van der Waals surface area contributed by atoms with Crippen LogP contribution in [0.5, 0.6) is 0 Å². The SMILES string of the molecule is NC(=O)CCS(=O)(=O)CCN1CCN(Cc2nc3scc(-c4cccs4)c3c(=O)[nH]2)CC1. The molecule has 1 fully saturated rings. The third-order valence-corrected chi connectivity index (χ3v) is 8.90. The molecule has 1 aliphatic rings. The standard InChI is InChI=1S/C20H25N5O4S3/c21-16(26)3-10-32(28,29)11-8-24-4-6-25(7-5-24)12-17-22-19(27)18-14(13-31-20(18)23-17)15-2-1-9-30-15/h1-2,9,13H,3-8,10-12H2,(H2,21,26)(H,22,23,27). The summed E-state index contributed by atoms with van der Waals surface area (Å²) in [5.74, 6) is -0.126. The van der Waals surface area contributed by atoms with Gasteiger partial charge in [-0.1, -0.05) is 6.07 Å². The number of nitrogens with zero attached hydrogens (tertiary/aromatic N) is 3. The third kappa shape index (κ3) is 5.62. The van der Waals surface area contributed by atoms with Gasteiger partial charge in [0.2, 0.25) is 5.91 Å². The number of nitrogens with one attached hydrogen (secondary N) is 1. The largest absolute Gasteiger partial charge is 0.370 e. The second kappa shape index (κ2) is 9.79. The van der Waals surface area contributed by atoms with E-state index in [0.29, 0.717) is 24.3 Å². The lowest BCUT2D eigenvalue weighted by Gasteiger charge is -2.34. The molecule has 3 N–H and O–H groups in total. The van der Waals surface area contributed by atoms with E-state index in [-0.39, 0.29) is 23.5 Å². The lowest BCUT2D eigenvalue weighted by Crippen LogP contribution is -2.47. The van der Waals surface area contributed by atoms with E-state index in [4.69, 9.17) is 5.73 Å². The zero-order valence-electron chi connectivity index (χ0n) is 17.5. The van der Waals surface area contributed by atoms with E-state index in [1.807, 2.05) is 22.9 Å². The van der Waals surface area contributed by atoms with Crippen molar-refractivity contribution in [3.05, 3.63) is 39.1 Å². The summed E-state index contributed by atoms with van der Waals surface area (Å²) >= 11 is 3.08. The van der Waals surface area contributed by atoms with Crippen LogP contribution in [0.4, 0.5) is 0 Å². The van der Waals surface area contributed by atoms with E-state index in [2.05, 4.69) is 19.8 Å². The zero-order valence-corrected chi connectivity index (χ0v) is 19.9. The van der Waals surface area contributed by atoms with Crippen molar-refractivity contribution in [1.29, 1.82) is 0 Å². The molecule has 0 bridgehead atoms. The first-order chi connectivity index (χ1) is 15.3. The lowest BCUT2D eigenvalue weighted by atomic mass is 10.2. The van der Waals surface area contributed by atoms with E-state index in [1.54, 1.807) is 11.3 Å². The molecule has 4 heterocycles. The number of piperazine rings is 1. The van der Waals surface area contributed by atoms with Crippen molar-refractivity contribution < 1.29 is 13.2 Å². The maximum atomic E-state index is 12.7. The number of amides is 1. The van der Waals surface area contributed by atoms with Gasteiger partial charge in [-0.25, -0.2) is 13.4 Å². The molecule has 1 saturated heterocycles. The first-order valence-corrected chi connectivity index (χ1v) is 13.9. The van der Waals surface area contributed by atoms with E-state index in [1.165, 1.54) is 11.3 Å². The van der Waals surface area contributed by atoms with Crippen LogP contribution in [0.1, 0.15) is 12.2 Å². The summed E-state index contributed by atoms with van der Waals surface area (Å²) in [6, 6.07) is 3.97. The fourth-order valence-corrected chi connectivity index (χ4v) is 6.72. The number of sulfone groups is 1. The predicted octanol–water partition coefficient (Wildman–Crippen LogP) is 1.12. The summed E-state index contributed by atoms with van der Waals surface area (Å²) in [6.07, 6.45) is -0.134. The minimum Gasteiger partial charge on any atom is -0.370 e. The predicted molar refractivity (Wildman–Crippen MR) is 128 cm³/mol. The molecule has 0 radical (unpaired) electrons. The fourth-order valence-electron chi connectivity index (χ4n) is 3.69. The number of fused-ring (bicyclic) bond motifs is 1. The summed E-state index contributed by atoms with van der Waals surface area (Å²) in [5, 5.41) is 4.62. The number of carbonyl (C=O) groups is 1. The number of hydrogen-bond donors (Lipinski definition) is 2. The van der Waals surface area contributed by atoms with E-state index >= 15 is 0 Å². The van der Waals surface area contributed by atoms with Crippen molar-refractivity contribution >= 4 is 48.6 Å². The average molecular weight is 496 g/mol. The van der Waals surface area contributed by atoms with Crippen LogP contribution in [-0.4, -0.2) is 78.3 Å². The molecule has 0 aromatic carbocycles. The molecule has 9 nitrogen and oxygen atoms in total. The Bertz CT molecular complexity index is 1240. The molecule has 0 atom stereocenters. The Hall–Kier alpha value is -2.12. The van der Waals surface area contributed by atoms with Gasteiger partial charge in [0.25, 0.3) is 5.56 Å². The van der Waals surface area contributed by atoms with Crippen LogP contribution in [-0.2, 0) is 21.2 Å². The Balaban J connectivity index is 1.32. The monoisotopic (exact) mass is 495 g/mol. The van der Waals surface area contributed by atoms with Gasteiger partial charge in [0, 0.05) is 55.0 Å². The molecule has 172 valence electrons. The van der Waals surface area contributed by atoms with Crippen molar-refractivity contribution in [2.24, 2.45) is 5.73 Å². The number of hydrogen-bond acceptors (Lipinski definition) is 9. The van der Waals surface area contributed by atoms with Gasteiger partial charge >= 0.3 is 0 Å². The number of rotatable bonds is 9. The summed E-state index contributed by atoms with van der Waals surface area (Å²) < 4.78 is 24.0. The number of aromatic nitrogens is 2. The Morgan fingerprint density at radius 2 is 1.91 bits per heavy atom. The van der Waals surface area contributed by atoms with Crippen molar-refractivity contribution in [3.8, 4) is 10.4 Å². The average Bonchev–Trinajstić information content (AvgIpc) is 3.42. The maximum Gasteiger partial charge on any atom is 0.260 e. The second-order valence-corrected chi connectivity index (χ2v) is 11.9. The van der Waals surface area contributed by atoms with Gasteiger partial charge in [-0.15, -0.1) is 22.7 Å². The summed E-state index contributed by atoms with van der Waals surface area (Å²) in [6.45, 7) is 3.97. The van der Waals surface area contributed by atoms with Crippen molar-refractivity contribution in [3.63, 3.8) is 0 Å². The Morgan fingerprint density at radius 1 is 1.16 bits per heavy atom. The number of nitrogens with two attached hydrogens (primary N) is 1.